The van der Waals surface area contributed by atoms with Crippen LogP contribution in [0.4, 0.5) is 11.4 Å². The summed E-state index contributed by atoms with van der Waals surface area (Å²) in [5.41, 5.74) is 8.44. The highest BCUT2D eigenvalue weighted by Gasteiger charge is 2.27. The van der Waals surface area contributed by atoms with Gasteiger partial charge in [-0.3, -0.25) is 9.69 Å². The third-order valence-corrected chi connectivity index (χ3v) is 4.37. The van der Waals surface area contributed by atoms with Crippen molar-refractivity contribution in [2.75, 3.05) is 24.1 Å². The summed E-state index contributed by atoms with van der Waals surface area (Å²) in [6, 6.07) is 5.64. The fraction of sp³-hybridized carbons (Fsp3) is 0.588. The van der Waals surface area contributed by atoms with E-state index in [1.807, 2.05) is 25.1 Å². The zero-order chi connectivity index (χ0) is 15.4. The van der Waals surface area contributed by atoms with Gasteiger partial charge in [-0.05, 0) is 56.3 Å². The molecule has 2 unspecified atom stereocenters. The fourth-order valence-corrected chi connectivity index (χ4v) is 3.06. The van der Waals surface area contributed by atoms with Crippen LogP contribution in [-0.4, -0.2) is 29.9 Å². The van der Waals surface area contributed by atoms with Gasteiger partial charge in [0.05, 0.1) is 6.04 Å². The largest absolute Gasteiger partial charge is 0.398 e. The molecular weight excluding hydrogens is 262 g/mol. The second kappa shape index (κ2) is 6.94. The first-order chi connectivity index (χ1) is 10.0. The standard InChI is InChI=1S/C17H27N3O/c1-4-16(20-9-5-6-12(2)11-20)17(21)19-14-8-7-13(3)15(18)10-14/h7-8,10,12,16H,4-6,9,11,18H2,1-3H3,(H,19,21). The van der Waals surface area contributed by atoms with Crippen LogP contribution in [0.5, 0.6) is 0 Å². The molecule has 1 aliphatic rings. The minimum absolute atomic E-state index is 0.0460. The van der Waals surface area contributed by atoms with E-state index in [2.05, 4.69) is 24.1 Å². The van der Waals surface area contributed by atoms with Gasteiger partial charge in [0.2, 0.25) is 5.91 Å². The van der Waals surface area contributed by atoms with Gasteiger partial charge in [0.15, 0.2) is 0 Å². The molecule has 0 saturated carbocycles. The summed E-state index contributed by atoms with van der Waals surface area (Å²) < 4.78 is 0. The lowest BCUT2D eigenvalue weighted by atomic mass is 9.98. The number of likely N-dealkylation sites (tertiary alicyclic amines) is 1. The number of nitrogens with two attached hydrogens (primary N) is 1. The normalized spacial score (nSPS) is 21.0. The lowest BCUT2D eigenvalue weighted by molar-refractivity contribution is -0.122. The van der Waals surface area contributed by atoms with Crippen molar-refractivity contribution in [3.05, 3.63) is 23.8 Å². The van der Waals surface area contributed by atoms with E-state index in [4.69, 9.17) is 5.73 Å². The number of nitrogens with one attached hydrogen (secondary N) is 1. The Bertz CT molecular complexity index is 501. The van der Waals surface area contributed by atoms with Crippen LogP contribution in [0.2, 0.25) is 0 Å². The van der Waals surface area contributed by atoms with Crippen molar-refractivity contribution >= 4 is 17.3 Å². The molecule has 2 atom stereocenters. The van der Waals surface area contributed by atoms with Crippen molar-refractivity contribution in [1.29, 1.82) is 0 Å². The maximum absolute atomic E-state index is 12.6. The lowest BCUT2D eigenvalue weighted by Gasteiger charge is -2.36. The van der Waals surface area contributed by atoms with E-state index in [1.165, 1.54) is 12.8 Å². The van der Waals surface area contributed by atoms with Crippen molar-refractivity contribution in [3.63, 3.8) is 0 Å². The molecule has 2 rings (SSSR count). The minimum Gasteiger partial charge on any atom is -0.398 e. The molecule has 0 radical (unpaired) electrons. The summed E-state index contributed by atoms with van der Waals surface area (Å²) in [7, 11) is 0. The van der Waals surface area contributed by atoms with Crippen LogP contribution in [0, 0.1) is 12.8 Å². The molecular formula is C17H27N3O. The van der Waals surface area contributed by atoms with Crippen LogP contribution >= 0.6 is 0 Å². The van der Waals surface area contributed by atoms with Crippen molar-refractivity contribution in [1.82, 2.24) is 4.90 Å². The lowest BCUT2D eigenvalue weighted by Crippen LogP contribution is -2.48. The Morgan fingerprint density at radius 3 is 2.90 bits per heavy atom. The van der Waals surface area contributed by atoms with Crippen molar-refractivity contribution in [3.8, 4) is 0 Å². The van der Waals surface area contributed by atoms with Gasteiger partial charge in [-0.15, -0.1) is 0 Å². The summed E-state index contributed by atoms with van der Waals surface area (Å²) in [6.07, 6.45) is 3.28. The molecule has 3 N–H and O–H groups in total. The average Bonchev–Trinajstić information content (AvgIpc) is 2.44. The van der Waals surface area contributed by atoms with E-state index in [0.717, 1.165) is 30.8 Å². The highest BCUT2D eigenvalue weighted by atomic mass is 16.2. The molecule has 0 spiro atoms. The quantitative estimate of drug-likeness (QED) is 0.838. The number of carbonyl (C=O) groups is 1. The van der Waals surface area contributed by atoms with E-state index in [1.54, 1.807) is 0 Å². The highest BCUT2D eigenvalue weighted by Crippen LogP contribution is 2.21. The van der Waals surface area contributed by atoms with Gasteiger partial charge in [-0.1, -0.05) is 19.9 Å². The predicted molar refractivity (Wildman–Crippen MR) is 88.3 cm³/mol. The first-order valence-corrected chi connectivity index (χ1v) is 7.92. The molecule has 0 bridgehead atoms. The van der Waals surface area contributed by atoms with Crippen LogP contribution in [0.15, 0.2) is 18.2 Å². The molecule has 21 heavy (non-hydrogen) atoms. The number of piperidine rings is 1. The number of anilines is 2. The van der Waals surface area contributed by atoms with Gasteiger partial charge in [-0.25, -0.2) is 0 Å². The molecule has 0 aromatic heterocycles. The number of amides is 1. The number of nitrogens with zero attached hydrogens (tertiary/aromatic N) is 1. The van der Waals surface area contributed by atoms with Gasteiger partial charge in [-0.2, -0.15) is 0 Å². The second-order valence-electron chi connectivity index (χ2n) is 6.23. The Balaban J connectivity index is 2.04. The average molecular weight is 289 g/mol. The number of hydrogen-bond donors (Lipinski definition) is 2. The van der Waals surface area contributed by atoms with Crippen LogP contribution in [0.1, 0.15) is 38.7 Å². The number of nitrogen functional groups attached to an aromatic ring is 1. The van der Waals surface area contributed by atoms with Gasteiger partial charge >= 0.3 is 0 Å². The predicted octanol–water partition coefficient (Wildman–Crippen LogP) is 3.03. The summed E-state index contributed by atoms with van der Waals surface area (Å²) in [5.74, 6) is 0.755. The monoisotopic (exact) mass is 289 g/mol. The van der Waals surface area contributed by atoms with Crippen molar-refractivity contribution in [2.24, 2.45) is 5.92 Å². The van der Waals surface area contributed by atoms with Crippen LogP contribution in [-0.2, 0) is 4.79 Å². The maximum Gasteiger partial charge on any atom is 0.241 e. The van der Waals surface area contributed by atoms with Crippen LogP contribution in [0.3, 0.4) is 0 Å². The Morgan fingerprint density at radius 2 is 2.29 bits per heavy atom. The van der Waals surface area contributed by atoms with Crippen molar-refractivity contribution in [2.45, 2.75) is 46.1 Å². The fourth-order valence-electron chi connectivity index (χ4n) is 3.06. The topological polar surface area (TPSA) is 58.4 Å². The molecule has 1 aromatic carbocycles. The third kappa shape index (κ3) is 3.97. The van der Waals surface area contributed by atoms with Crippen molar-refractivity contribution < 1.29 is 4.79 Å². The molecule has 1 amide bonds. The van der Waals surface area contributed by atoms with E-state index >= 15 is 0 Å². The molecule has 1 saturated heterocycles. The zero-order valence-electron chi connectivity index (χ0n) is 13.4. The second-order valence-corrected chi connectivity index (χ2v) is 6.23. The SMILES string of the molecule is CCC(C(=O)Nc1ccc(C)c(N)c1)N1CCCC(C)C1. The van der Waals surface area contributed by atoms with E-state index in [-0.39, 0.29) is 11.9 Å². The smallest absolute Gasteiger partial charge is 0.241 e. The summed E-state index contributed by atoms with van der Waals surface area (Å²) in [5, 5.41) is 3.01. The first kappa shape index (κ1) is 15.8. The Kier molecular flexibility index (Phi) is 5.23. The number of carbonyl (C=O) groups excluding carboxylic acids is 1. The first-order valence-electron chi connectivity index (χ1n) is 7.92. The molecule has 1 aliphatic heterocycles. The van der Waals surface area contributed by atoms with Gasteiger partial charge in [0, 0.05) is 17.9 Å². The number of benzene rings is 1. The molecule has 1 heterocycles. The Hall–Kier alpha value is -1.55. The van der Waals surface area contributed by atoms with Gasteiger partial charge < -0.3 is 11.1 Å². The van der Waals surface area contributed by atoms with E-state index in [0.29, 0.717) is 11.6 Å². The molecule has 1 aromatic rings. The van der Waals surface area contributed by atoms with Gasteiger partial charge in [0.1, 0.15) is 0 Å². The number of rotatable bonds is 4. The number of aryl methyl sites for hydroxylation is 1. The third-order valence-electron chi connectivity index (χ3n) is 4.37. The van der Waals surface area contributed by atoms with Gasteiger partial charge in [0.25, 0.3) is 0 Å². The number of hydrogen-bond acceptors (Lipinski definition) is 3. The Morgan fingerprint density at radius 1 is 1.52 bits per heavy atom. The molecule has 116 valence electrons. The van der Waals surface area contributed by atoms with Crippen LogP contribution < -0.4 is 11.1 Å². The zero-order valence-corrected chi connectivity index (χ0v) is 13.4. The highest BCUT2D eigenvalue weighted by molar-refractivity contribution is 5.95. The van der Waals surface area contributed by atoms with E-state index in [9.17, 15) is 4.79 Å². The summed E-state index contributed by atoms with van der Waals surface area (Å²) in [4.78, 5) is 14.9. The summed E-state index contributed by atoms with van der Waals surface area (Å²) in [6.45, 7) is 8.34. The van der Waals surface area contributed by atoms with E-state index < -0.39 is 0 Å². The summed E-state index contributed by atoms with van der Waals surface area (Å²) >= 11 is 0. The molecule has 1 fully saturated rings. The molecule has 4 nitrogen and oxygen atoms in total. The van der Waals surface area contributed by atoms with Crippen LogP contribution in [0.25, 0.3) is 0 Å². The minimum atomic E-state index is -0.0460. The molecule has 4 heteroatoms. The molecule has 0 aliphatic carbocycles. The Labute approximate surface area is 127 Å². The maximum atomic E-state index is 12.6.